The summed E-state index contributed by atoms with van der Waals surface area (Å²) in [5, 5.41) is 14.9. The molecule has 2 heterocycles. The minimum atomic E-state index is -3.26. The van der Waals surface area contributed by atoms with E-state index in [1.807, 2.05) is 0 Å². The lowest BCUT2D eigenvalue weighted by Crippen LogP contribution is -2.44. The zero-order chi connectivity index (χ0) is 19.0. The van der Waals surface area contributed by atoms with Crippen molar-refractivity contribution in [3.8, 4) is 0 Å². The van der Waals surface area contributed by atoms with E-state index in [0.29, 0.717) is 0 Å². The molecule has 0 spiro atoms. The van der Waals surface area contributed by atoms with E-state index < -0.39 is 35.6 Å². The van der Waals surface area contributed by atoms with Crippen molar-refractivity contribution < 1.29 is 23.2 Å². The van der Waals surface area contributed by atoms with Gasteiger partial charge in [-0.25, -0.2) is 18.3 Å². The van der Waals surface area contributed by atoms with Crippen LogP contribution in [0.1, 0.15) is 20.8 Å². The molecular formula is C14H21F2N5O4. The fourth-order valence-electron chi connectivity index (χ4n) is 2.59. The molecule has 1 aliphatic heterocycles. The van der Waals surface area contributed by atoms with E-state index in [1.165, 1.54) is 16.6 Å². The Morgan fingerprint density at radius 2 is 2.00 bits per heavy atom. The lowest BCUT2D eigenvalue weighted by atomic mass is 10.2. The quantitative estimate of drug-likeness (QED) is 0.591. The van der Waals surface area contributed by atoms with Gasteiger partial charge in [0.05, 0.1) is 18.0 Å². The average molecular weight is 361 g/mol. The summed E-state index contributed by atoms with van der Waals surface area (Å²) in [5.74, 6) is -3.28. The Morgan fingerprint density at radius 1 is 1.36 bits per heavy atom. The summed E-state index contributed by atoms with van der Waals surface area (Å²) in [6, 6.07) is 0. The maximum Gasteiger partial charge on any atom is 0.410 e. The zero-order valence-electron chi connectivity index (χ0n) is 14.5. The maximum absolute atomic E-state index is 14.3. The molecule has 11 heteroatoms. The van der Waals surface area contributed by atoms with Gasteiger partial charge in [0, 0.05) is 20.1 Å². The third-order valence-electron chi connectivity index (χ3n) is 3.52. The first-order valence-corrected chi connectivity index (χ1v) is 7.67. The minimum Gasteiger partial charge on any atom is -0.444 e. The number of aryl methyl sites for hydroxylation is 1. The van der Waals surface area contributed by atoms with Gasteiger partial charge in [-0.15, -0.1) is 0 Å². The van der Waals surface area contributed by atoms with E-state index >= 15 is 0 Å². The molecule has 0 unspecified atom stereocenters. The molecule has 0 aliphatic carbocycles. The molecule has 9 nitrogen and oxygen atoms in total. The van der Waals surface area contributed by atoms with Crippen LogP contribution in [-0.2, 0) is 11.8 Å². The molecule has 2 rings (SSSR count). The SMILES string of the molecule is Cn1ncc([N+](=O)[O-])c1N1CCN(C(=O)OC(C)(C)C)CC(F)(F)C1. The van der Waals surface area contributed by atoms with Crippen LogP contribution in [0.2, 0.25) is 0 Å². The molecule has 1 aromatic rings. The second-order valence-electron chi connectivity index (χ2n) is 6.91. The molecule has 1 fully saturated rings. The predicted octanol–water partition coefficient (Wildman–Crippen LogP) is 2.02. The van der Waals surface area contributed by atoms with Gasteiger partial charge in [-0.2, -0.15) is 5.10 Å². The highest BCUT2D eigenvalue weighted by Crippen LogP contribution is 2.31. The van der Waals surface area contributed by atoms with E-state index in [9.17, 15) is 23.7 Å². The van der Waals surface area contributed by atoms with Gasteiger partial charge < -0.3 is 14.5 Å². The number of alkyl halides is 2. The van der Waals surface area contributed by atoms with Crippen LogP contribution in [0.5, 0.6) is 0 Å². The number of nitro groups is 1. The number of hydrogen-bond donors (Lipinski definition) is 0. The smallest absolute Gasteiger partial charge is 0.410 e. The van der Waals surface area contributed by atoms with Crippen molar-refractivity contribution in [3.05, 3.63) is 16.3 Å². The number of halogens is 2. The van der Waals surface area contributed by atoms with Crippen molar-refractivity contribution >= 4 is 17.6 Å². The van der Waals surface area contributed by atoms with E-state index in [2.05, 4.69) is 5.10 Å². The zero-order valence-corrected chi connectivity index (χ0v) is 14.5. The summed E-state index contributed by atoms with van der Waals surface area (Å²) >= 11 is 0. The largest absolute Gasteiger partial charge is 0.444 e. The standard InChI is InChI=1S/C14H21F2N5O4/c1-13(2,3)25-12(22)20-6-5-19(8-14(15,16)9-20)11-10(21(23)24)7-17-18(11)4/h7H,5-6,8-9H2,1-4H3. The summed E-state index contributed by atoms with van der Waals surface area (Å²) in [4.78, 5) is 24.7. The van der Waals surface area contributed by atoms with Crippen molar-refractivity contribution in [2.75, 3.05) is 31.1 Å². The maximum atomic E-state index is 14.3. The van der Waals surface area contributed by atoms with Crippen LogP contribution < -0.4 is 4.90 Å². The number of anilines is 1. The Balaban J connectivity index is 2.25. The van der Waals surface area contributed by atoms with Gasteiger partial charge in [-0.05, 0) is 20.8 Å². The number of aromatic nitrogens is 2. The van der Waals surface area contributed by atoms with Gasteiger partial charge >= 0.3 is 11.8 Å². The summed E-state index contributed by atoms with van der Waals surface area (Å²) in [5.41, 5.74) is -1.16. The number of carbonyl (C=O) groups excluding carboxylic acids is 1. The van der Waals surface area contributed by atoms with Gasteiger partial charge in [-0.1, -0.05) is 0 Å². The van der Waals surface area contributed by atoms with E-state index in [0.717, 1.165) is 11.1 Å². The summed E-state index contributed by atoms with van der Waals surface area (Å²) in [6.45, 7) is 3.31. The van der Waals surface area contributed by atoms with E-state index in [-0.39, 0.29) is 24.6 Å². The lowest BCUT2D eigenvalue weighted by molar-refractivity contribution is -0.384. The molecule has 0 N–H and O–H groups in total. The molecule has 0 bridgehead atoms. The molecular weight excluding hydrogens is 340 g/mol. The highest BCUT2D eigenvalue weighted by atomic mass is 19.3. The number of hydrogen-bond acceptors (Lipinski definition) is 6. The van der Waals surface area contributed by atoms with Crippen molar-refractivity contribution in [1.29, 1.82) is 0 Å². The van der Waals surface area contributed by atoms with Crippen molar-refractivity contribution in [2.45, 2.75) is 32.3 Å². The van der Waals surface area contributed by atoms with Gasteiger partial charge in [0.15, 0.2) is 0 Å². The van der Waals surface area contributed by atoms with Crippen LogP contribution >= 0.6 is 0 Å². The topological polar surface area (TPSA) is 93.7 Å². The monoisotopic (exact) mass is 361 g/mol. The normalized spacial score (nSPS) is 18.0. The van der Waals surface area contributed by atoms with Crippen molar-refractivity contribution in [3.63, 3.8) is 0 Å². The number of carbonyl (C=O) groups is 1. The Kier molecular flexibility index (Phi) is 4.87. The molecule has 0 aromatic carbocycles. The molecule has 0 saturated carbocycles. The van der Waals surface area contributed by atoms with Crippen LogP contribution in [0.25, 0.3) is 0 Å². The number of rotatable bonds is 2. The van der Waals surface area contributed by atoms with Crippen LogP contribution in [-0.4, -0.2) is 63.4 Å². The second kappa shape index (κ2) is 6.45. The Bertz CT molecular complexity index is 671. The minimum absolute atomic E-state index is 0.00476. The van der Waals surface area contributed by atoms with Gasteiger partial charge in [0.2, 0.25) is 5.82 Å². The number of nitrogens with zero attached hydrogens (tertiary/aromatic N) is 5. The van der Waals surface area contributed by atoms with Crippen LogP contribution in [0.3, 0.4) is 0 Å². The highest BCUT2D eigenvalue weighted by molar-refractivity contribution is 5.68. The highest BCUT2D eigenvalue weighted by Gasteiger charge is 2.42. The fraction of sp³-hybridized carbons (Fsp3) is 0.714. The first-order chi connectivity index (χ1) is 11.4. The van der Waals surface area contributed by atoms with Gasteiger partial charge in [0.25, 0.3) is 5.92 Å². The van der Waals surface area contributed by atoms with E-state index in [1.54, 1.807) is 20.8 Å². The molecule has 140 valence electrons. The molecule has 1 aromatic heterocycles. The first-order valence-electron chi connectivity index (χ1n) is 7.67. The molecule has 1 amide bonds. The van der Waals surface area contributed by atoms with E-state index in [4.69, 9.17) is 4.74 Å². The predicted molar refractivity (Wildman–Crippen MR) is 84.8 cm³/mol. The summed E-state index contributed by atoms with van der Waals surface area (Å²) < 4.78 is 35.0. The van der Waals surface area contributed by atoms with Gasteiger partial charge in [-0.3, -0.25) is 10.1 Å². The fourth-order valence-corrected chi connectivity index (χ4v) is 2.59. The van der Waals surface area contributed by atoms with Crippen LogP contribution in [0, 0.1) is 10.1 Å². The Hall–Kier alpha value is -2.46. The Labute approximate surface area is 143 Å². The molecule has 0 atom stereocenters. The molecule has 25 heavy (non-hydrogen) atoms. The summed E-state index contributed by atoms with van der Waals surface area (Å²) in [7, 11) is 1.44. The summed E-state index contributed by atoms with van der Waals surface area (Å²) in [6.07, 6.45) is 0.179. The number of amides is 1. The van der Waals surface area contributed by atoms with Crippen LogP contribution in [0.15, 0.2) is 6.20 Å². The van der Waals surface area contributed by atoms with Crippen LogP contribution in [0.4, 0.5) is 25.1 Å². The molecule has 1 aliphatic rings. The third-order valence-corrected chi connectivity index (χ3v) is 3.52. The van der Waals surface area contributed by atoms with Crippen molar-refractivity contribution in [2.24, 2.45) is 7.05 Å². The Morgan fingerprint density at radius 3 is 2.56 bits per heavy atom. The average Bonchev–Trinajstić information content (AvgIpc) is 2.73. The number of ether oxygens (including phenoxy) is 1. The first kappa shape index (κ1) is 18.9. The third kappa shape index (κ3) is 4.54. The molecule has 0 radical (unpaired) electrons. The van der Waals surface area contributed by atoms with Crippen molar-refractivity contribution in [1.82, 2.24) is 14.7 Å². The molecule has 1 saturated heterocycles. The second-order valence-corrected chi connectivity index (χ2v) is 6.91. The lowest BCUT2D eigenvalue weighted by Gasteiger charge is -2.27. The van der Waals surface area contributed by atoms with Gasteiger partial charge in [0.1, 0.15) is 11.8 Å².